The first-order valence-corrected chi connectivity index (χ1v) is 8.02. The molecule has 0 unspecified atom stereocenters. The SMILES string of the molecule is O=C(COC(=O)c1ccc([N+](=O)[O-])cc1Cl)Nc1cc(C(F)(F)F)ccc1Cl. The van der Waals surface area contributed by atoms with Crippen LogP contribution in [0, 0.1) is 10.1 Å². The molecule has 148 valence electrons. The Morgan fingerprint density at radius 2 is 1.79 bits per heavy atom. The number of benzene rings is 2. The Hall–Kier alpha value is -2.85. The van der Waals surface area contributed by atoms with Gasteiger partial charge in [0.25, 0.3) is 11.6 Å². The van der Waals surface area contributed by atoms with Crippen LogP contribution in [0.25, 0.3) is 0 Å². The second kappa shape index (κ2) is 8.44. The van der Waals surface area contributed by atoms with Crippen molar-refractivity contribution in [1.82, 2.24) is 0 Å². The third kappa shape index (κ3) is 5.33. The molecule has 0 heterocycles. The lowest BCUT2D eigenvalue weighted by molar-refractivity contribution is -0.384. The number of halogens is 5. The van der Waals surface area contributed by atoms with Gasteiger partial charge in [-0.2, -0.15) is 13.2 Å². The van der Waals surface area contributed by atoms with Crippen molar-refractivity contribution in [2.45, 2.75) is 6.18 Å². The number of non-ortho nitro benzene ring substituents is 1. The first kappa shape index (κ1) is 21.5. The molecular formula is C16H9Cl2F3N2O5. The molecule has 0 aliphatic rings. The van der Waals surface area contributed by atoms with Gasteiger partial charge in [-0.25, -0.2) is 4.79 Å². The maximum atomic E-state index is 12.7. The van der Waals surface area contributed by atoms with Crippen LogP contribution in [0.1, 0.15) is 15.9 Å². The Kier molecular flexibility index (Phi) is 6.47. The fraction of sp³-hybridized carbons (Fsp3) is 0.125. The lowest BCUT2D eigenvalue weighted by Crippen LogP contribution is -2.21. The van der Waals surface area contributed by atoms with E-state index in [2.05, 4.69) is 5.32 Å². The normalized spacial score (nSPS) is 11.0. The van der Waals surface area contributed by atoms with E-state index in [1.54, 1.807) is 0 Å². The van der Waals surface area contributed by atoms with Crippen molar-refractivity contribution in [3.05, 3.63) is 67.7 Å². The van der Waals surface area contributed by atoms with Crippen LogP contribution < -0.4 is 5.32 Å². The van der Waals surface area contributed by atoms with E-state index >= 15 is 0 Å². The number of alkyl halides is 3. The second-order valence-electron chi connectivity index (χ2n) is 5.24. The molecular weight excluding hydrogens is 428 g/mol. The topological polar surface area (TPSA) is 98.5 Å². The minimum Gasteiger partial charge on any atom is -0.452 e. The highest BCUT2D eigenvalue weighted by Gasteiger charge is 2.31. The van der Waals surface area contributed by atoms with Gasteiger partial charge in [0.05, 0.1) is 31.8 Å². The van der Waals surface area contributed by atoms with Crippen molar-refractivity contribution >= 4 is 46.5 Å². The van der Waals surface area contributed by atoms with Crippen molar-refractivity contribution in [2.75, 3.05) is 11.9 Å². The van der Waals surface area contributed by atoms with E-state index in [1.165, 1.54) is 0 Å². The maximum Gasteiger partial charge on any atom is 0.416 e. The van der Waals surface area contributed by atoms with Gasteiger partial charge < -0.3 is 10.1 Å². The van der Waals surface area contributed by atoms with E-state index in [9.17, 15) is 32.9 Å². The van der Waals surface area contributed by atoms with Gasteiger partial charge >= 0.3 is 12.1 Å². The molecule has 0 fully saturated rings. The zero-order valence-electron chi connectivity index (χ0n) is 13.5. The summed E-state index contributed by atoms with van der Waals surface area (Å²) in [6.45, 7) is -0.848. The molecule has 7 nitrogen and oxygen atoms in total. The number of anilines is 1. The summed E-state index contributed by atoms with van der Waals surface area (Å²) < 4.78 is 42.9. The number of carbonyl (C=O) groups excluding carboxylic acids is 2. The number of hydrogen-bond donors (Lipinski definition) is 1. The summed E-state index contributed by atoms with van der Waals surface area (Å²) in [6.07, 6.45) is -4.64. The van der Waals surface area contributed by atoms with E-state index < -0.39 is 35.1 Å². The fourth-order valence-corrected chi connectivity index (χ4v) is 2.39. The molecule has 1 amide bonds. The van der Waals surface area contributed by atoms with Gasteiger partial charge in [-0.3, -0.25) is 14.9 Å². The quantitative estimate of drug-likeness (QED) is 0.415. The molecule has 0 saturated carbocycles. The summed E-state index contributed by atoms with van der Waals surface area (Å²) in [7, 11) is 0. The van der Waals surface area contributed by atoms with Crippen LogP contribution in [0.4, 0.5) is 24.5 Å². The Morgan fingerprint density at radius 1 is 1.11 bits per heavy atom. The number of carbonyl (C=O) groups is 2. The number of rotatable bonds is 5. The van der Waals surface area contributed by atoms with E-state index in [0.717, 1.165) is 30.3 Å². The Balaban J connectivity index is 2.03. The molecule has 2 rings (SSSR count). The number of esters is 1. The van der Waals surface area contributed by atoms with Crippen molar-refractivity contribution in [3.63, 3.8) is 0 Å². The molecule has 28 heavy (non-hydrogen) atoms. The molecule has 0 saturated heterocycles. The van der Waals surface area contributed by atoms with E-state index in [1.807, 2.05) is 0 Å². The molecule has 0 atom stereocenters. The third-order valence-corrected chi connectivity index (χ3v) is 3.93. The van der Waals surface area contributed by atoms with E-state index in [-0.39, 0.29) is 27.0 Å². The van der Waals surface area contributed by atoms with E-state index in [4.69, 9.17) is 27.9 Å². The smallest absolute Gasteiger partial charge is 0.416 e. The molecule has 1 N–H and O–H groups in total. The van der Waals surface area contributed by atoms with Gasteiger partial charge in [-0.15, -0.1) is 0 Å². The van der Waals surface area contributed by atoms with Crippen molar-refractivity contribution < 1.29 is 32.4 Å². The molecule has 0 bridgehead atoms. The summed E-state index contributed by atoms with van der Waals surface area (Å²) >= 11 is 11.5. The van der Waals surface area contributed by atoms with Crippen molar-refractivity contribution in [2.24, 2.45) is 0 Å². The molecule has 0 spiro atoms. The summed E-state index contributed by atoms with van der Waals surface area (Å²) in [5, 5.41) is 12.3. The zero-order valence-corrected chi connectivity index (χ0v) is 15.1. The van der Waals surface area contributed by atoms with Crippen molar-refractivity contribution in [1.29, 1.82) is 0 Å². The number of ether oxygens (including phenoxy) is 1. The average molecular weight is 437 g/mol. The largest absolute Gasteiger partial charge is 0.452 e. The average Bonchev–Trinajstić information content (AvgIpc) is 2.60. The Bertz CT molecular complexity index is 950. The zero-order chi connectivity index (χ0) is 21.1. The summed E-state index contributed by atoms with van der Waals surface area (Å²) in [5.74, 6) is -2.00. The number of nitro groups is 1. The van der Waals surface area contributed by atoms with Crippen LogP contribution in [-0.2, 0) is 15.7 Å². The number of nitrogens with one attached hydrogen (secondary N) is 1. The maximum absolute atomic E-state index is 12.7. The Labute approximate surface area is 165 Å². The van der Waals surface area contributed by atoms with Crippen LogP contribution in [0.15, 0.2) is 36.4 Å². The standard InChI is InChI=1S/C16H9Cl2F3N2O5/c17-11-4-1-8(16(19,20)21)5-13(11)22-14(24)7-28-15(25)10-3-2-9(23(26)27)6-12(10)18/h1-6H,7H2,(H,22,24). The van der Waals surface area contributed by atoms with Crippen LogP contribution in [-0.4, -0.2) is 23.4 Å². The van der Waals surface area contributed by atoms with Crippen LogP contribution in [0.5, 0.6) is 0 Å². The van der Waals surface area contributed by atoms with Gasteiger partial charge in [0.2, 0.25) is 0 Å². The predicted octanol–water partition coefficient (Wildman–Crippen LogP) is 4.72. The van der Waals surface area contributed by atoms with Gasteiger partial charge in [0.1, 0.15) is 0 Å². The van der Waals surface area contributed by atoms with Crippen molar-refractivity contribution in [3.8, 4) is 0 Å². The summed E-state index contributed by atoms with van der Waals surface area (Å²) in [4.78, 5) is 33.7. The first-order chi connectivity index (χ1) is 13.0. The highest BCUT2D eigenvalue weighted by atomic mass is 35.5. The molecule has 2 aromatic carbocycles. The number of amides is 1. The van der Waals surface area contributed by atoms with Gasteiger partial charge in [-0.05, 0) is 24.3 Å². The molecule has 2 aromatic rings. The summed E-state index contributed by atoms with van der Waals surface area (Å²) in [6, 6.07) is 5.34. The van der Waals surface area contributed by atoms with Crippen LogP contribution in [0.3, 0.4) is 0 Å². The van der Waals surface area contributed by atoms with Gasteiger partial charge in [0, 0.05) is 12.1 Å². The number of hydrogen-bond acceptors (Lipinski definition) is 5. The van der Waals surface area contributed by atoms with Crippen LogP contribution >= 0.6 is 23.2 Å². The lowest BCUT2D eigenvalue weighted by atomic mass is 10.2. The molecule has 0 radical (unpaired) electrons. The van der Waals surface area contributed by atoms with Crippen LogP contribution in [0.2, 0.25) is 10.0 Å². The van der Waals surface area contributed by atoms with Gasteiger partial charge in [-0.1, -0.05) is 23.2 Å². The number of nitro benzene ring substituents is 1. The second-order valence-corrected chi connectivity index (χ2v) is 6.05. The number of nitrogens with zero attached hydrogens (tertiary/aromatic N) is 1. The fourth-order valence-electron chi connectivity index (χ4n) is 1.98. The first-order valence-electron chi connectivity index (χ1n) is 7.26. The molecule has 0 aromatic heterocycles. The highest BCUT2D eigenvalue weighted by molar-refractivity contribution is 6.34. The molecule has 0 aliphatic carbocycles. The third-order valence-electron chi connectivity index (χ3n) is 3.29. The predicted molar refractivity (Wildman–Crippen MR) is 93.5 cm³/mol. The Morgan fingerprint density at radius 3 is 2.36 bits per heavy atom. The molecule has 12 heteroatoms. The lowest BCUT2D eigenvalue weighted by Gasteiger charge is -2.12. The highest BCUT2D eigenvalue weighted by Crippen LogP contribution is 2.33. The molecule has 0 aliphatic heterocycles. The minimum absolute atomic E-state index is 0.147. The summed E-state index contributed by atoms with van der Waals surface area (Å²) in [5.41, 5.74) is -1.91. The van der Waals surface area contributed by atoms with E-state index in [0.29, 0.717) is 6.07 Å². The minimum atomic E-state index is -4.64. The van der Waals surface area contributed by atoms with Gasteiger partial charge in [0.15, 0.2) is 6.61 Å². The monoisotopic (exact) mass is 436 g/mol.